The minimum atomic E-state index is -0.00361. The van der Waals surface area contributed by atoms with Crippen LogP contribution in [-0.2, 0) is 20.7 Å². The molecule has 0 spiro atoms. The molecule has 5 heteroatoms. The fourth-order valence-electron chi connectivity index (χ4n) is 3.68. The number of hydrogen-bond acceptors (Lipinski definition) is 4. The Morgan fingerprint density at radius 1 is 1.62 bits per heavy atom. The standard InChI is InChI=1S/C16H23NO3S/c1-19-12-16-6-3-8-20-14(16)5-7-17(11-16)15(18)10-13-4-2-9-21-13/h2,4,9,14H,3,5-8,10-12H2,1H3/t14-,16-/m0/s1. The van der Waals surface area contributed by atoms with Gasteiger partial charge in [0.05, 0.1) is 19.1 Å². The summed E-state index contributed by atoms with van der Waals surface area (Å²) < 4.78 is 11.4. The first-order valence-electron chi connectivity index (χ1n) is 7.64. The highest BCUT2D eigenvalue weighted by Gasteiger charge is 2.46. The van der Waals surface area contributed by atoms with E-state index in [9.17, 15) is 4.79 Å². The number of nitrogens with zero attached hydrogens (tertiary/aromatic N) is 1. The van der Waals surface area contributed by atoms with E-state index in [1.54, 1.807) is 18.4 Å². The van der Waals surface area contributed by atoms with Crippen molar-refractivity contribution in [2.24, 2.45) is 5.41 Å². The molecule has 0 radical (unpaired) electrons. The van der Waals surface area contributed by atoms with Crippen LogP contribution in [0.15, 0.2) is 17.5 Å². The minimum absolute atomic E-state index is 0.00361. The first-order chi connectivity index (χ1) is 10.2. The molecule has 1 aromatic heterocycles. The highest BCUT2D eigenvalue weighted by molar-refractivity contribution is 7.10. The van der Waals surface area contributed by atoms with Gasteiger partial charge in [0.15, 0.2) is 0 Å². The number of likely N-dealkylation sites (tertiary alicyclic amines) is 1. The third-order valence-electron chi connectivity index (χ3n) is 4.68. The molecule has 3 rings (SSSR count). The molecule has 0 bridgehead atoms. The second-order valence-corrected chi connectivity index (χ2v) is 7.15. The number of methoxy groups -OCH3 is 1. The van der Waals surface area contributed by atoms with Crippen molar-refractivity contribution in [3.8, 4) is 0 Å². The van der Waals surface area contributed by atoms with Gasteiger partial charge in [-0.25, -0.2) is 0 Å². The molecule has 0 N–H and O–H groups in total. The van der Waals surface area contributed by atoms with Gasteiger partial charge in [-0.1, -0.05) is 6.07 Å². The second-order valence-electron chi connectivity index (χ2n) is 6.12. The third-order valence-corrected chi connectivity index (χ3v) is 5.55. The Morgan fingerprint density at radius 3 is 3.29 bits per heavy atom. The van der Waals surface area contributed by atoms with Gasteiger partial charge in [-0.3, -0.25) is 4.79 Å². The van der Waals surface area contributed by atoms with E-state index in [1.807, 2.05) is 22.4 Å². The van der Waals surface area contributed by atoms with Gasteiger partial charge in [-0.2, -0.15) is 0 Å². The van der Waals surface area contributed by atoms with Crippen LogP contribution in [0.5, 0.6) is 0 Å². The number of amides is 1. The van der Waals surface area contributed by atoms with Crippen LogP contribution >= 0.6 is 11.3 Å². The minimum Gasteiger partial charge on any atom is -0.384 e. The summed E-state index contributed by atoms with van der Waals surface area (Å²) in [5.41, 5.74) is -0.00361. The summed E-state index contributed by atoms with van der Waals surface area (Å²) in [5, 5.41) is 2.02. The number of carbonyl (C=O) groups is 1. The molecule has 2 saturated heterocycles. The second kappa shape index (κ2) is 6.46. The molecule has 21 heavy (non-hydrogen) atoms. The van der Waals surface area contributed by atoms with E-state index >= 15 is 0 Å². The summed E-state index contributed by atoms with van der Waals surface area (Å²) in [6.45, 7) is 3.11. The summed E-state index contributed by atoms with van der Waals surface area (Å²) in [7, 11) is 1.74. The third kappa shape index (κ3) is 3.15. The van der Waals surface area contributed by atoms with Gasteiger partial charge in [0.2, 0.25) is 5.91 Å². The molecule has 2 aliphatic rings. The Hall–Kier alpha value is -0.910. The van der Waals surface area contributed by atoms with Gasteiger partial charge in [0.1, 0.15) is 0 Å². The normalized spacial score (nSPS) is 29.2. The lowest BCUT2D eigenvalue weighted by Crippen LogP contribution is -2.58. The Balaban J connectivity index is 1.69. The van der Waals surface area contributed by atoms with Gasteiger partial charge in [-0.05, 0) is 30.7 Å². The van der Waals surface area contributed by atoms with Crippen LogP contribution in [0.1, 0.15) is 24.1 Å². The SMILES string of the molecule is COC[C@@]12CCCO[C@H]1CCN(C(=O)Cc1cccs1)C2. The van der Waals surface area contributed by atoms with Crippen LogP contribution in [0.25, 0.3) is 0 Å². The van der Waals surface area contributed by atoms with Crippen LogP contribution in [0.4, 0.5) is 0 Å². The van der Waals surface area contributed by atoms with Crippen molar-refractivity contribution < 1.29 is 14.3 Å². The maximum absolute atomic E-state index is 12.5. The van der Waals surface area contributed by atoms with Gasteiger partial charge < -0.3 is 14.4 Å². The number of thiophene rings is 1. The van der Waals surface area contributed by atoms with Gasteiger partial charge in [-0.15, -0.1) is 11.3 Å². The van der Waals surface area contributed by atoms with Crippen LogP contribution < -0.4 is 0 Å². The average molecular weight is 309 g/mol. The van der Waals surface area contributed by atoms with E-state index in [0.29, 0.717) is 13.0 Å². The molecule has 1 amide bonds. The summed E-state index contributed by atoms with van der Waals surface area (Å²) in [4.78, 5) is 15.7. The van der Waals surface area contributed by atoms with Crippen LogP contribution in [0.2, 0.25) is 0 Å². The van der Waals surface area contributed by atoms with Crippen molar-refractivity contribution in [2.75, 3.05) is 33.4 Å². The van der Waals surface area contributed by atoms with Crippen molar-refractivity contribution in [3.63, 3.8) is 0 Å². The number of piperidine rings is 1. The van der Waals surface area contributed by atoms with Crippen molar-refractivity contribution in [3.05, 3.63) is 22.4 Å². The number of carbonyl (C=O) groups excluding carboxylic acids is 1. The fourth-order valence-corrected chi connectivity index (χ4v) is 4.37. The number of rotatable bonds is 4. The topological polar surface area (TPSA) is 38.8 Å². The molecule has 0 aliphatic carbocycles. The molecule has 3 heterocycles. The molecule has 116 valence electrons. The average Bonchev–Trinajstić information content (AvgIpc) is 2.99. The molecular formula is C16H23NO3S. The Kier molecular flexibility index (Phi) is 4.62. The summed E-state index contributed by atoms with van der Waals surface area (Å²) >= 11 is 1.65. The zero-order chi connectivity index (χ0) is 14.7. The monoisotopic (exact) mass is 309 g/mol. The van der Waals surface area contributed by atoms with Crippen molar-refractivity contribution >= 4 is 17.2 Å². The summed E-state index contributed by atoms with van der Waals surface area (Å²) in [5.74, 6) is 0.233. The van der Waals surface area contributed by atoms with E-state index < -0.39 is 0 Å². The molecule has 0 aromatic carbocycles. The fraction of sp³-hybridized carbons (Fsp3) is 0.688. The zero-order valence-corrected chi connectivity index (χ0v) is 13.4. The molecule has 0 unspecified atom stereocenters. The molecule has 4 nitrogen and oxygen atoms in total. The first-order valence-corrected chi connectivity index (χ1v) is 8.52. The number of fused-ring (bicyclic) bond motifs is 1. The lowest BCUT2D eigenvalue weighted by Gasteiger charge is -2.50. The summed E-state index contributed by atoms with van der Waals surface area (Å²) in [6, 6.07) is 4.03. The van der Waals surface area contributed by atoms with E-state index in [1.165, 1.54) is 0 Å². The lowest BCUT2D eigenvalue weighted by atomic mass is 9.73. The predicted octanol–water partition coefficient (Wildman–Crippen LogP) is 2.33. The molecule has 2 aliphatic heterocycles. The van der Waals surface area contributed by atoms with E-state index in [-0.39, 0.29) is 17.4 Å². The van der Waals surface area contributed by atoms with Gasteiger partial charge in [0, 0.05) is 37.1 Å². The zero-order valence-electron chi connectivity index (χ0n) is 12.5. The molecule has 2 fully saturated rings. The van der Waals surface area contributed by atoms with Crippen molar-refractivity contribution in [1.82, 2.24) is 4.90 Å². The lowest BCUT2D eigenvalue weighted by molar-refractivity contribution is -0.161. The maximum Gasteiger partial charge on any atom is 0.227 e. The maximum atomic E-state index is 12.5. The quantitative estimate of drug-likeness (QED) is 0.857. The van der Waals surface area contributed by atoms with Crippen LogP contribution in [0.3, 0.4) is 0 Å². The molecule has 1 aromatic rings. The van der Waals surface area contributed by atoms with Crippen LogP contribution in [-0.4, -0.2) is 50.3 Å². The Morgan fingerprint density at radius 2 is 2.52 bits per heavy atom. The molecular weight excluding hydrogens is 286 g/mol. The number of hydrogen-bond donors (Lipinski definition) is 0. The summed E-state index contributed by atoms with van der Waals surface area (Å²) in [6.07, 6.45) is 3.85. The van der Waals surface area contributed by atoms with E-state index in [2.05, 4.69) is 0 Å². The van der Waals surface area contributed by atoms with E-state index in [0.717, 1.165) is 43.8 Å². The van der Waals surface area contributed by atoms with Crippen molar-refractivity contribution in [2.45, 2.75) is 31.8 Å². The van der Waals surface area contributed by atoms with E-state index in [4.69, 9.17) is 9.47 Å². The van der Waals surface area contributed by atoms with Gasteiger partial charge in [0.25, 0.3) is 0 Å². The van der Waals surface area contributed by atoms with Crippen LogP contribution in [0, 0.1) is 5.41 Å². The molecule has 0 saturated carbocycles. The first kappa shape index (κ1) is 15.0. The Labute approximate surface area is 130 Å². The largest absolute Gasteiger partial charge is 0.384 e. The number of ether oxygens (including phenoxy) is 2. The smallest absolute Gasteiger partial charge is 0.227 e. The van der Waals surface area contributed by atoms with Gasteiger partial charge >= 0.3 is 0 Å². The highest BCUT2D eigenvalue weighted by Crippen LogP contribution is 2.40. The highest BCUT2D eigenvalue weighted by atomic mass is 32.1. The predicted molar refractivity (Wildman–Crippen MR) is 82.5 cm³/mol. The molecule has 2 atom stereocenters. The Bertz CT molecular complexity index is 472. The van der Waals surface area contributed by atoms with Crippen molar-refractivity contribution in [1.29, 1.82) is 0 Å².